The zero-order valence-corrected chi connectivity index (χ0v) is 13.5. The maximum atomic E-state index is 5.77. The molecule has 2 heterocycles. The summed E-state index contributed by atoms with van der Waals surface area (Å²) in [4.78, 5) is 12.9. The van der Waals surface area contributed by atoms with Crippen molar-refractivity contribution >= 4 is 22.7 Å². The molecule has 0 atom stereocenters. The van der Waals surface area contributed by atoms with Crippen LogP contribution in [-0.4, -0.2) is 15.0 Å². The summed E-state index contributed by atoms with van der Waals surface area (Å²) >= 11 is 0. The SMILES string of the molecule is Nc1ccc2c(NC(c3ccccc3)c3ccccc3)ncnc2n1. The van der Waals surface area contributed by atoms with E-state index in [0.717, 1.165) is 22.3 Å². The van der Waals surface area contributed by atoms with Crippen molar-refractivity contribution in [2.24, 2.45) is 0 Å². The molecule has 25 heavy (non-hydrogen) atoms. The van der Waals surface area contributed by atoms with Crippen LogP contribution in [0.3, 0.4) is 0 Å². The van der Waals surface area contributed by atoms with Crippen LogP contribution in [0.4, 0.5) is 11.6 Å². The second kappa shape index (κ2) is 6.57. The second-order valence-corrected chi connectivity index (χ2v) is 5.73. The van der Waals surface area contributed by atoms with Gasteiger partial charge in [-0.05, 0) is 23.3 Å². The first-order valence-electron chi connectivity index (χ1n) is 8.05. The van der Waals surface area contributed by atoms with Gasteiger partial charge >= 0.3 is 0 Å². The summed E-state index contributed by atoms with van der Waals surface area (Å²) < 4.78 is 0. The first-order chi connectivity index (χ1) is 12.3. The highest BCUT2D eigenvalue weighted by Gasteiger charge is 2.16. The summed E-state index contributed by atoms with van der Waals surface area (Å²) in [6.07, 6.45) is 1.50. The van der Waals surface area contributed by atoms with Gasteiger partial charge in [-0.25, -0.2) is 15.0 Å². The summed E-state index contributed by atoms with van der Waals surface area (Å²) in [6, 6.07) is 24.2. The Balaban J connectivity index is 1.80. The Morgan fingerprint density at radius 1 is 0.760 bits per heavy atom. The van der Waals surface area contributed by atoms with E-state index in [1.54, 1.807) is 6.07 Å². The molecule has 2 aromatic carbocycles. The van der Waals surface area contributed by atoms with E-state index in [4.69, 9.17) is 5.73 Å². The van der Waals surface area contributed by atoms with Gasteiger partial charge in [-0.3, -0.25) is 0 Å². The fourth-order valence-corrected chi connectivity index (χ4v) is 2.86. The van der Waals surface area contributed by atoms with Crippen LogP contribution in [0, 0.1) is 0 Å². The van der Waals surface area contributed by atoms with Crippen LogP contribution in [0.15, 0.2) is 79.1 Å². The van der Waals surface area contributed by atoms with Crippen LogP contribution in [0.25, 0.3) is 11.0 Å². The van der Waals surface area contributed by atoms with Gasteiger partial charge in [-0.2, -0.15) is 0 Å². The molecule has 122 valence electrons. The smallest absolute Gasteiger partial charge is 0.166 e. The van der Waals surface area contributed by atoms with Gasteiger partial charge in [-0.1, -0.05) is 60.7 Å². The summed E-state index contributed by atoms with van der Waals surface area (Å²) in [6.45, 7) is 0. The highest BCUT2D eigenvalue weighted by atomic mass is 15.1. The summed E-state index contributed by atoms with van der Waals surface area (Å²) in [5.41, 5.74) is 8.66. The quantitative estimate of drug-likeness (QED) is 0.596. The average molecular weight is 327 g/mol. The molecule has 0 aliphatic carbocycles. The molecule has 0 saturated carbocycles. The molecule has 0 aliphatic heterocycles. The third-order valence-corrected chi connectivity index (χ3v) is 4.07. The number of benzene rings is 2. The molecule has 0 amide bonds. The fourth-order valence-electron chi connectivity index (χ4n) is 2.86. The predicted octanol–water partition coefficient (Wildman–Crippen LogP) is 3.81. The number of nitrogen functional groups attached to an aromatic ring is 1. The molecule has 0 unspecified atom stereocenters. The molecule has 0 spiro atoms. The van der Waals surface area contributed by atoms with E-state index in [1.165, 1.54) is 6.33 Å². The summed E-state index contributed by atoms with van der Waals surface area (Å²) in [5.74, 6) is 1.18. The Labute approximate surface area is 145 Å². The molecule has 0 radical (unpaired) electrons. The van der Waals surface area contributed by atoms with E-state index in [2.05, 4.69) is 44.5 Å². The number of nitrogens with one attached hydrogen (secondary N) is 1. The molecule has 0 aliphatic rings. The van der Waals surface area contributed by atoms with Crippen LogP contribution < -0.4 is 11.1 Å². The predicted molar refractivity (Wildman–Crippen MR) is 100 cm³/mol. The molecule has 0 saturated heterocycles. The third kappa shape index (κ3) is 3.12. The fraction of sp³-hybridized carbons (Fsp3) is 0.0500. The van der Waals surface area contributed by atoms with E-state index in [1.807, 2.05) is 42.5 Å². The van der Waals surface area contributed by atoms with Crippen molar-refractivity contribution in [3.63, 3.8) is 0 Å². The third-order valence-electron chi connectivity index (χ3n) is 4.07. The van der Waals surface area contributed by atoms with Gasteiger partial charge < -0.3 is 11.1 Å². The maximum Gasteiger partial charge on any atom is 0.166 e. The van der Waals surface area contributed by atoms with E-state index in [0.29, 0.717) is 11.5 Å². The first-order valence-corrected chi connectivity index (χ1v) is 8.05. The van der Waals surface area contributed by atoms with E-state index in [9.17, 15) is 0 Å². The maximum absolute atomic E-state index is 5.77. The minimum Gasteiger partial charge on any atom is -0.384 e. The highest BCUT2D eigenvalue weighted by Crippen LogP contribution is 2.28. The molecule has 4 rings (SSSR count). The van der Waals surface area contributed by atoms with Crippen molar-refractivity contribution in [2.45, 2.75) is 6.04 Å². The Morgan fingerprint density at radius 3 is 2.04 bits per heavy atom. The van der Waals surface area contributed by atoms with Crippen LogP contribution in [0.1, 0.15) is 17.2 Å². The highest BCUT2D eigenvalue weighted by molar-refractivity contribution is 5.87. The number of rotatable bonds is 4. The van der Waals surface area contributed by atoms with Crippen molar-refractivity contribution in [3.8, 4) is 0 Å². The van der Waals surface area contributed by atoms with Crippen molar-refractivity contribution in [2.75, 3.05) is 11.1 Å². The molecular formula is C20H17N5. The lowest BCUT2D eigenvalue weighted by Gasteiger charge is -2.21. The summed E-state index contributed by atoms with van der Waals surface area (Å²) in [7, 11) is 0. The minimum absolute atomic E-state index is 0.0296. The van der Waals surface area contributed by atoms with Crippen LogP contribution in [0.5, 0.6) is 0 Å². The zero-order valence-electron chi connectivity index (χ0n) is 13.5. The number of hydrogen-bond acceptors (Lipinski definition) is 5. The van der Waals surface area contributed by atoms with Gasteiger partial charge in [0.25, 0.3) is 0 Å². The van der Waals surface area contributed by atoms with Crippen molar-refractivity contribution < 1.29 is 0 Å². The Kier molecular flexibility index (Phi) is 3.96. The van der Waals surface area contributed by atoms with Crippen LogP contribution in [-0.2, 0) is 0 Å². The molecule has 5 heteroatoms. The number of aromatic nitrogens is 3. The van der Waals surface area contributed by atoms with E-state index < -0.39 is 0 Å². The lowest BCUT2D eigenvalue weighted by atomic mass is 9.98. The Hall–Kier alpha value is -3.47. The van der Waals surface area contributed by atoms with Gasteiger partial charge in [0.1, 0.15) is 18.0 Å². The second-order valence-electron chi connectivity index (χ2n) is 5.73. The number of hydrogen-bond donors (Lipinski definition) is 2. The largest absolute Gasteiger partial charge is 0.384 e. The lowest BCUT2D eigenvalue weighted by Crippen LogP contribution is -2.14. The van der Waals surface area contributed by atoms with Crippen LogP contribution in [0.2, 0.25) is 0 Å². The molecule has 0 fully saturated rings. The number of anilines is 2. The first kappa shape index (κ1) is 15.1. The topological polar surface area (TPSA) is 76.7 Å². The number of pyridine rings is 1. The molecule has 0 bridgehead atoms. The number of nitrogens with zero attached hydrogens (tertiary/aromatic N) is 3. The normalized spacial score (nSPS) is 10.9. The summed E-state index contributed by atoms with van der Waals surface area (Å²) in [5, 5.41) is 4.38. The van der Waals surface area contributed by atoms with Gasteiger partial charge in [0, 0.05) is 0 Å². The monoisotopic (exact) mass is 327 g/mol. The zero-order chi connectivity index (χ0) is 17.1. The van der Waals surface area contributed by atoms with Gasteiger partial charge in [-0.15, -0.1) is 0 Å². The molecule has 4 aromatic rings. The van der Waals surface area contributed by atoms with E-state index >= 15 is 0 Å². The number of fused-ring (bicyclic) bond motifs is 1. The van der Waals surface area contributed by atoms with E-state index in [-0.39, 0.29) is 6.04 Å². The molecule has 5 nitrogen and oxygen atoms in total. The van der Waals surface area contributed by atoms with Crippen LogP contribution >= 0.6 is 0 Å². The average Bonchev–Trinajstić information content (AvgIpc) is 2.67. The molecular weight excluding hydrogens is 310 g/mol. The van der Waals surface area contributed by atoms with Crippen molar-refractivity contribution in [3.05, 3.63) is 90.3 Å². The Bertz CT molecular complexity index is 947. The Morgan fingerprint density at radius 2 is 1.40 bits per heavy atom. The van der Waals surface area contributed by atoms with Gasteiger partial charge in [0.2, 0.25) is 0 Å². The minimum atomic E-state index is -0.0296. The van der Waals surface area contributed by atoms with Gasteiger partial charge in [0.05, 0.1) is 11.4 Å². The molecule has 2 aromatic heterocycles. The van der Waals surface area contributed by atoms with Gasteiger partial charge in [0.15, 0.2) is 5.65 Å². The standard InChI is InChI=1S/C20H17N5/c21-17-12-11-16-19(24-17)22-13-23-20(16)25-18(14-7-3-1-4-8-14)15-9-5-2-6-10-15/h1-13,18H,(H3,21,22,23,24,25). The number of nitrogens with two attached hydrogens (primary N) is 1. The molecule has 3 N–H and O–H groups in total. The van der Waals surface area contributed by atoms with Crippen molar-refractivity contribution in [1.82, 2.24) is 15.0 Å². The lowest BCUT2D eigenvalue weighted by molar-refractivity contribution is 0.927. The van der Waals surface area contributed by atoms with Crippen molar-refractivity contribution in [1.29, 1.82) is 0 Å².